The van der Waals surface area contributed by atoms with Gasteiger partial charge < -0.3 is 0 Å². The Hall–Kier alpha value is -0.640. The molecule has 0 saturated carbocycles. The largest absolute Gasteiger partial charge is 0.281 e. The van der Waals surface area contributed by atoms with Crippen LogP contribution in [0.4, 0.5) is 0 Å². The van der Waals surface area contributed by atoms with Crippen LogP contribution in [0.15, 0.2) is 0 Å². The molecule has 0 amide bonds. The van der Waals surface area contributed by atoms with Crippen LogP contribution in [0, 0.1) is 17.2 Å². The third-order valence-electron chi connectivity index (χ3n) is 2.40. The van der Waals surface area contributed by atoms with Gasteiger partial charge in [0.2, 0.25) is 0 Å². The monoisotopic (exact) mass is 261 g/mol. The van der Waals surface area contributed by atoms with E-state index >= 15 is 0 Å². The van der Waals surface area contributed by atoms with E-state index in [-0.39, 0.29) is 18.9 Å². The molecule has 0 N–H and O–H groups in total. The average molecular weight is 261 g/mol. The number of nitriles is 1. The maximum absolute atomic E-state index is 12.3. The van der Waals surface area contributed by atoms with E-state index in [9.17, 15) is 8.42 Å². The fourth-order valence-electron chi connectivity index (χ4n) is 1.60. The summed E-state index contributed by atoms with van der Waals surface area (Å²) >= 11 is 0. The topological polar surface area (TPSA) is 64.4 Å². The van der Waals surface area contributed by atoms with Crippen molar-refractivity contribution in [2.75, 3.05) is 26.2 Å². The lowest BCUT2D eigenvalue weighted by Crippen LogP contribution is -2.45. The van der Waals surface area contributed by atoms with Gasteiger partial charge in [-0.2, -0.15) is 22.3 Å². The molecule has 0 heterocycles. The van der Waals surface area contributed by atoms with E-state index in [4.69, 9.17) is 5.26 Å². The van der Waals surface area contributed by atoms with E-state index in [1.807, 2.05) is 33.8 Å². The van der Waals surface area contributed by atoms with Gasteiger partial charge >= 0.3 is 0 Å². The summed E-state index contributed by atoms with van der Waals surface area (Å²) in [5.41, 5.74) is 0. The lowest BCUT2D eigenvalue weighted by molar-refractivity contribution is 0.327. The van der Waals surface area contributed by atoms with E-state index in [2.05, 4.69) is 0 Å². The molecule has 17 heavy (non-hydrogen) atoms. The molecule has 0 atom stereocenters. The van der Waals surface area contributed by atoms with Gasteiger partial charge in [0.1, 0.15) is 0 Å². The molecule has 0 aromatic rings. The van der Waals surface area contributed by atoms with Crippen LogP contribution in [0.5, 0.6) is 0 Å². The normalized spacial score (nSPS) is 12.4. The van der Waals surface area contributed by atoms with Gasteiger partial charge in [-0.25, -0.2) is 0 Å². The molecule has 0 aromatic heterocycles. The molecule has 0 radical (unpaired) electrons. The molecule has 0 spiro atoms. The molecule has 0 fully saturated rings. The standard InChI is InChI=1S/C11H23N3O2S/c1-5-13(6-2)17(15,16)14(9-7-8-12)10-11(3)4/h11H,5-7,9-10H2,1-4H3. The fraction of sp³-hybridized carbons (Fsp3) is 0.909. The number of nitrogens with zero attached hydrogens (tertiary/aromatic N) is 3. The van der Waals surface area contributed by atoms with Gasteiger partial charge in [-0.15, -0.1) is 0 Å². The summed E-state index contributed by atoms with van der Waals surface area (Å²) in [6.45, 7) is 9.22. The second kappa shape index (κ2) is 7.64. The van der Waals surface area contributed by atoms with E-state index in [0.717, 1.165) is 0 Å². The Morgan fingerprint density at radius 3 is 2.06 bits per heavy atom. The zero-order valence-corrected chi connectivity index (χ0v) is 12.0. The first-order valence-corrected chi connectivity index (χ1v) is 7.41. The first kappa shape index (κ1) is 16.4. The highest BCUT2D eigenvalue weighted by Gasteiger charge is 2.27. The maximum atomic E-state index is 12.3. The van der Waals surface area contributed by atoms with Crippen molar-refractivity contribution in [1.82, 2.24) is 8.61 Å². The Morgan fingerprint density at radius 2 is 1.71 bits per heavy atom. The summed E-state index contributed by atoms with van der Waals surface area (Å²) in [5.74, 6) is 0.249. The van der Waals surface area contributed by atoms with Crippen molar-refractivity contribution in [2.24, 2.45) is 5.92 Å². The zero-order valence-electron chi connectivity index (χ0n) is 11.2. The van der Waals surface area contributed by atoms with Crippen molar-refractivity contribution >= 4 is 10.2 Å². The van der Waals surface area contributed by atoms with Crippen molar-refractivity contribution < 1.29 is 8.42 Å². The molecular formula is C11H23N3O2S. The van der Waals surface area contributed by atoms with Crippen molar-refractivity contribution in [1.29, 1.82) is 5.26 Å². The lowest BCUT2D eigenvalue weighted by atomic mass is 10.2. The average Bonchev–Trinajstić information content (AvgIpc) is 2.24. The van der Waals surface area contributed by atoms with Crippen molar-refractivity contribution in [3.63, 3.8) is 0 Å². The molecular weight excluding hydrogens is 238 g/mol. The first-order chi connectivity index (χ1) is 7.89. The van der Waals surface area contributed by atoms with Gasteiger partial charge in [0.25, 0.3) is 10.2 Å². The molecule has 0 rings (SSSR count). The molecule has 0 aliphatic carbocycles. The van der Waals surface area contributed by atoms with E-state index < -0.39 is 10.2 Å². The number of hydrogen-bond donors (Lipinski definition) is 0. The van der Waals surface area contributed by atoms with E-state index in [1.54, 1.807) is 0 Å². The van der Waals surface area contributed by atoms with Crippen LogP contribution >= 0.6 is 0 Å². The van der Waals surface area contributed by atoms with Gasteiger partial charge in [0.15, 0.2) is 0 Å². The van der Waals surface area contributed by atoms with Crippen LogP contribution in [0.2, 0.25) is 0 Å². The molecule has 0 aliphatic rings. The van der Waals surface area contributed by atoms with Gasteiger partial charge in [0, 0.05) is 32.6 Å². The summed E-state index contributed by atoms with van der Waals surface area (Å²) in [4.78, 5) is 0. The van der Waals surface area contributed by atoms with Crippen LogP contribution < -0.4 is 0 Å². The molecule has 0 unspecified atom stereocenters. The summed E-state index contributed by atoms with van der Waals surface area (Å²) in [6, 6.07) is 1.99. The summed E-state index contributed by atoms with van der Waals surface area (Å²) in [5, 5.41) is 8.58. The minimum Gasteiger partial charge on any atom is -0.198 e. The Morgan fingerprint density at radius 1 is 1.18 bits per heavy atom. The molecule has 0 aliphatic heterocycles. The third kappa shape index (κ3) is 5.02. The molecule has 0 saturated heterocycles. The zero-order chi connectivity index (χ0) is 13.5. The molecule has 100 valence electrons. The SMILES string of the molecule is CCN(CC)S(=O)(=O)N(CCC#N)CC(C)C. The quantitative estimate of drug-likeness (QED) is 0.664. The Labute approximate surface area is 105 Å². The minimum absolute atomic E-state index is 0.229. The highest BCUT2D eigenvalue weighted by Crippen LogP contribution is 2.11. The van der Waals surface area contributed by atoms with Crippen LogP contribution in [-0.4, -0.2) is 43.2 Å². The van der Waals surface area contributed by atoms with E-state index in [1.165, 1.54) is 8.61 Å². The molecule has 6 heteroatoms. The Balaban J connectivity index is 4.94. The van der Waals surface area contributed by atoms with Gasteiger partial charge in [-0.05, 0) is 5.92 Å². The van der Waals surface area contributed by atoms with Crippen molar-refractivity contribution in [2.45, 2.75) is 34.1 Å². The van der Waals surface area contributed by atoms with Crippen molar-refractivity contribution in [3.8, 4) is 6.07 Å². The fourth-order valence-corrected chi connectivity index (χ4v) is 3.38. The maximum Gasteiger partial charge on any atom is 0.281 e. The van der Waals surface area contributed by atoms with Gasteiger partial charge in [0.05, 0.1) is 6.07 Å². The lowest BCUT2D eigenvalue weighted by Gasteiger charge is -2.29. The second-order valence-electron chi connectivity index (χ2n) is 4.25. The summed E-state index contributed by atoms with van der Waals surface area (Å²) in [7, 11) is -3.42. The Bertz CT molecular complexity index is 342. The smallest absolute Gasteiger partial charge is 0.198 e. The minimum atomic E-state index is -3.42. The van der Waals surface area contributed by atoms with Gasteiger partial charge in [-0.1, -0.05) is 27.7 Å². The third-order valence-corrected chi connectivity index (χ3v) is 4.55. The first-order valence-electron chi connectivity index (χ1n) is 6.02. The van der Waals surface area contributed by atoms with Gasteiger partial charge in [-0.3, -0.25) is 0 Å². The van der Waals surface area contributed by atoms with Crippen LogP contribution in [0.25, 0.3) is 0 Å². The summed E-state index contributed by atoms with van der Waals surface area (Å²) in [6.07, 6.45) is 0.229. The molecule has 5 nitrogen and oxygen atoms in total. The number of rotatable bonds is 8. The summed E-state index contributed by atoms with van der Waals surface area (Å²) < 4.78 is 27.4. The van der Waals surface area contributed by atoms with Crippen LogP contribution in [0.3, 0.4) is 0 Å². The second-order valence-corrected chi connectivity index (χ2v) is 6.18. The highest BCUT2D eigenvalue weighted by atomic mass is 32.2. The molecule has 0 aromatic carbocycles. The van der Waals surface area contributed by atoms with Crippen LogP contribution in [-0.2, 0) is 10.2 Å². The van der Waals surface area contributed by atoms with Crippen molar-refractivity contribution in [3.05, 3.63) is 0 Å². The predicted molar refractivity (Wildman–Crippen MR) is 68.5 cm³/mol. The predicted octanol–water partition coefficient (Wildman–Crippen LogP) is 1.44. The highest BCUT2D eigenvalue weighted by molar-refractivity contribution is 7.86. The Kier molecular flexibility index (Phi) is 7.35. The number of hydrogen-bond acceptors (Lipinski definition) is 3. The van der Waals surface area contributed by atoms with Crippen LogP contribution in [0.1, 0.15) is 34.1 Å². The molecule has 0 bridgehead atoms. The van der Waals surface area contributed by atoms with E-state index in [0.29, 0.717) is 19.6 Å².